The molecule has 0 unspecified atom stereocenters. The minimum absolute atomic E-state index is 0.00936. The zero-order chi connectivity index (χ0) is 18.7. The number of anilines is 2. The van der Waals surface area contributed by atoms with Crippen molar-refractivity contribution >= 4 is 49.7 Å². The van der Waals surface area contributed by atoms with E-state index >= 15 is 0 Å². The molecule has 1 heterocycles. The molecule has 3 rings (SSSR count). The fraction of sp³-hybridized carbons (Fsp3) is 0.0625. The van der Waals surface area contributed by atoms with Gasteiger partial charge in [-0.25, -0.2) is 8.42 Å². The normalized spacial score (nSPS) is 11.2. The number of halogens is 1. The van der Waals surface area contributed by atoms with Gasteiger partial charge in [-0.1, -0.05) is 35.1 Å². The molecule has 0 bridgehead atoms. The summed E-state index contributed by atoms with van der Waals surface area (Å²) in [5.41, 5.74) is 2.10. The van der Waals surface area contributed by atoms with Crippen molar-refractivity contribution in [1.82, 2.24) is 10.2 Å². The summed E-state index contributed by atoms with van der Waals surface area (Å²) >= 11 is 7.10. The zero-order valence-electron chi connectivity index (χ0n) is 13.5. The first-order valence-electron chi connectivity index (χ1n) is 7.30. The second-order valence-corrected chi connectivity index (χ2v) is 8.42. The SMILES string of the molecule is CN(c1cccc(Cl)c1)S(=O)(=O)c1cccc(C(=O)Nc2nncs2)c1. The zero-order valence-corrected chi connectivity index (χ0v) is 15.8. The molecular formula is C16H13ClN4O3S2. The quantitative estimate of drug-likeness (QED) is 0.699. The highest BCUT2D eigenvalue weighted by atomic mass is 35.5. The van der Waals surface area contributed by atoms with Gasteiger partial charge in [-0.05, 0) is 36.4 Å². The van der Waals surface area contributed by atoms with Crippen LogP contribution in [-0.2, 0) is 10.0 Å². The number of rotatable bonds is 5. The second kappa shape index (κ2) is 7.40. The molecule has 1 aromatic heterocycles. The molecule has 0 spiro atoms. The summed E-state index contributed by atoms with van der Waals surface area (Å²) in [5.74, 6) is -0.468. The highest BCUT2D eigenvalue weighted by molar-refractivity contribution is 7.92. The molecule has 0 saturated heterocycles. The van der Waals surface area contributed by atoms with E-state index in [1.54, 1.807) is 24.3 Å². The smallest absolute Gasteiger partial charge is 0.264 e. The van der Waals surface area contributed by atoms with Crippen LogP contribution in [0.25, 0.3) is 0 Å². The third-order valence-electron chi connectivity index (χ3n) is 3.51. The number of amides is 1. The van der Waals surface area contributed by atoms with Crippen molar-refractivity contribution in [2.75, 3.05) is 16.7 Å². The fourth-order valence-electron chi connectivity index (χ4n) is 2.16. The Bertz CT molecular complexity index is 1040. The lowest BCUT2D eigenvalue weighted by Crippen LogP contribution is -2.26. The molecule has 26 heavy (non-hydrogen) atoms. The van der Waals surface area contributed by atoms with Crippen molar-refractivity contribution in [3.8, 4) is 0 Å². The summed E-state index contributed by atoms with van der Waals surface area (Å²) in [6.45, 7) is 0. The lowest BCUT2D eigenvalue weighted by Gasteiger charge is -2.20. The van der Waals surface area contributed by atoms with E-state index in [1.807, 2.05) is 0 Å². The van der Waals surface area contributed by atoms with Crippen LogP contribution >= 0.6 is 22.9 Å². The number of nitrogens with zero attached hydrogens (tertiary/aromatic N) is 3. The fourth-order valence-corrected chi connectivity index (χ4v) is 4.02. The maximum Gasteiger partial charge on any atom is 0.264 e. The summed E-state index contributed by atoms with van der Waals surface area (Å²) < 4.78 is 26.8. The van der Waals surface area contributed by atoms with Gasteiger partial charge in [0.25, 0.3) is 15.9 Å². The van der Waals surface area contributed by atoms with Crippen molar-refractivity contribution in [3.05, 3.63) is 64.6 Å². The third-order valence-corrected chi connectivity index (χ3v) is 6.13. The number of hydrogen-bond acceptors (Lipinski definition) is 6. The van der Waals surface area contributed by atoms with Crippen LogP contribution in [0.1, 0.15) is 10.4 Å². The van der Waals surface area contributed by atoms with E-state index in [2.05, 4.69) is 15.5 Å². The topological polar surface area (TPSA) is 92.3 Å². The molecule has 134 valence electrons. The summed E-state index contributed by atoms with van der Waals surface area (Å²) in [5, 5.41) is 10.7. The summed E-state index contributed by atoms with van der Waals surface area (Å²) in [6.07, 6.45) is 0. The Kier molecular flexibility index (Phi) is 5.21. The van der Waals surface area contributed by atoms with Crippen LogP contribution < -0.4 is 9.62 Å². The molecular weight excluding hydrogens is 396 g/mol. The van der Waals surface area contributed by atoms with E-state index in [9.17, 15) is 13.2 Å². The lowest BCUT2D eigenvalue weighted by atomic mass is 10.2. The molecule has 3 aromatic rings. The molecule has 0 radical (unpaired) electrons. The third kappa shape index (κ3) is 3.85. The Morgan fingerprint density at radius 2 is 1.96 bits per heavy atom. The molecule has 2 aromatic carbocycles. The van der Waals surface area contributed by atoms with Gasteiger partial charge < -0.3 is 0 Å². The molecule has 0 aliphatic carbocycles. The second-order valence-electron chi connectivity index (χ2n) is 5.18. The van der Waals surface area contributed by atoms with Gasteiger partial charge in [0.1, 0.15) is 5.51 Å². The average molecular weight is 409 g/mol. The highest BCUT2D eigenvalue weighted by Crippen LogP contribution is 2.25. The Labute approximate surface area is 159 Å². The number of nitrogens with one attached hydrogen (secondary N) is 1. The molecule has 1 N–H and O–H groups in total. The predicted molar refractivity (Wildman–Crippen MR) is 101 cm³/mol. The highest BCUT2D eigenvalue weighted by Gasteiger charge is 2.22. The molecule has 0 fully saturated rings. The first-order valence-corrected chi connectivity index (χ1v) is 10.00. The Hall–Kier alpha value is -2.49. The lowest BCUT2D eigenvalue weighted by molar-refractivity contribution is 0.102. The molecule has 0 aliphatic heterocycles. The minimum Gasteiger partial charge on any atom is -0.296 e. The van der Waals surface area contributed by atoms with Crippen molar-refractivity contribution in [3.63, 3.8) is 0 Å². The number of carbonyl (C=O) groups excluding carboxylic acids is 1. The predicted octanol–water partition coefficient (Wildman–Crippen LogP) is 3.27. The van der Waals surface area contributed by atoms with Crippen molar-refractivity contribution in [1.29, 1.82) is 0 Å². The Morgan fingerprint density at radius 3 is 2.65 bits per heavy atom. The van der Waals surface area contributed by atoms with Gasteiger partial charge >= 0.3 is 0 Å². The van der Waals surface area contributed by atoms with E-state index < -0.39 is 15.9 Å². The number of aromatic nitrogens is 2. The van der Waals surface area contributed by atoms with Gasteiger partial charge in [-0.3, -0.25) is 14.4 Å². The summed E-state index contributed by atoms with van der Waals surface area (Å²) in [4.78, 5) is 12.3. The van der Waals surface area contributed by atoms with Crippen LogP contribution in [0.15, 0.2) is 58.9 Å². The maximum absolute atomic E-state index is 12.9. The number of benzene rings is 2. The van der Waals surface area contributed by atoms with Crippen LogP contribution in [0.5, 0.6) is 0 Å². The van der Waals surface area contributed by atoms with E-state index in [0.29, 0.717) is 15.8 Å². The first kappa shape index (κ1) is 18.3. The molecule has 1 amide bonds. The molecule has 10 heteroatoms. The maximum atomic E-state index is 12.9. The standard InChI is InChI=1S/C16H13ClN4O3S2/c1-21(13-6-3-5-12(17)9-13)26(23,24)14-7-2-4-11(8-14)15(22)19-16-20-18-10-25-16/h2-10H,1H3,(H,19,20,22). The first-order chi connectivity index (χ1) is 12.4. The number of sulfonamides is 1. The van der Waals surface area contributed by atoms with Crippen molar-refractivity contribution in [2.24, 2.45) is 0 Å². The van der Waals surface area contributed by atoms with Gasteiger partial charge in [0.15, 0.2) is 0 Å². The van der Waals surface area contributed by atoms with E-state index in [4.69, 9.17) is 11.6 Å². The van der Waals surface area contributed by atoms with Crippen LogP contribution in [0.2, 0.25) is 5.02 Å². The number of carbonyl (C=O) groups is 1. The minimum atomic E-state index is -3.86. The summed E-state index contributed by atoms with van der Waals surface area (Å²) in [7, 11) is -2.43. The van der Waals surface area contributed by atoms with Gasteiger partial charge in [0.2, 0.25) is 5.13 Å². The molecule has 7 nitrogen and oxygen atoms in total. The van der Waals surface area contributed by atoms with Crippen LogP contribution in [0, 0.1) is 0 Å². The van der Waals surface area contributed by atoms with Gasteiger partial charge in [-0.15, -0.1) is 10.2 Å². The van der Waals surface area contributed by atoms with Gasteiger partial charge in [-0.2, -0.15) is 0 Å². The largest absolute Gasteiger partial charge is 0.296 e. The van der Waals surface area contributed by atoms with Crippen molar-refractivity contribution in [2.45, 2.75) is 4.90 Å². The summed E-state index contributed by atoms with van der Waals surface area (Å²) in [6, 6.07) is 12.3. The monoisotopic (exact) mass is 408 g/mol. The molecule has 0 saturated carbocycles. The average Bonchev–Trinajstić information content (AvgIpc) is 3.14. The van der Waals surface area contributed by atoms with Crippen LogP contribution in [0.3, 0.4) is 0 Å². The van der Waals surface area contributed by atoms with Crippen molar-refractivity contribution < 1.29 is 13.2 Å². The van der Waals surface area contributed by atoms with Gasteiger partial charge in [0.05, 0.1) is 10.6 Å². The van der Waals surface area contributed by atoms with E-state index in [-0.39, 0.29) is 10.5 Å². The molecule has 0 atom stereocenters. The number of hydrogen-bond donors (Lipinski definition) is 1. The van der Waals surface area contributed by atoms with Crippen LogP contribution in [-0.4, -0.2) is 31.6 Å². The van der Waals surface area contributed by atoms with Crippen LogP contribution in [0.4, 0.5) is 10.8 Å². The Morgan fingerprint density at radius 1 is 1.19 bits per heavy atom. The van der Waals surface area contributed by atoms with E-state index in [0.717, 1.165) is 4.31 Å². The van der Waals surface area contributed by atoms with E-state index in [1.165, 1.54) is 48.2 Å². The molecule has 0 aliphatic rings. The Balaban J connectivity index is 1.89. The van der Waals surface area contributed by atoms with Gasteiger partial charge in [0, 0.05) is 17.6 Å².